The highest BCUT2D eigenvalue weighted by atomic mass is 16.5. The standard InChI is InChI=1S/C21H24O3/c1-4-5-15-24-21(2,3)20(23)18-13-11-17(12-14-18)19(22)16-9-7-6-8-10-16/h6-14H,4-5,15H2,1-3H3. The van der Waals surface area contributed by atoms with Gasteiger partial charge in [0.1, 0.15) is 5.60 Å². The highest BCUT2D eigenvalue weighted by Crippen LogP contribution is 2.19. The molecule has 0 heterocycles. The Bertz CT molecular complexity index is 685. The lowest BCUT2D eigenvalue weighted by Gasteiger charge is -2.24. The Balaban J connectivity index is 2.11. The van der Waals surface area contributed by atoms with Crippen LogP contribution in [0.25, 0.3) is 0 Å². The molecule has 2 aromatic carbocycles. The van der Waals surface area contributed by atoms with Gasteiger partial charge in [-0.1, -0.05) is 67.9 Å². The smallest absolute Gasteiger partial charge is 0.194 e. The minimum absolute atomic E-state index is 0.0481. The van der Waals surface area contributed by atoms with Gasteiger partial charge in [0.15, 0.2) is 11.6 Å². The van der Waals surface area contributed by atoms with E-state index in [4.69, 9.17) is 4.74 Å². The summed E-state index contributed by atoms with van der Waals surface area (Å²) in [6, 6.07) is 15.9. The maximum absolute atomic E-state index is 12.6. The first-order chi connectivity index (χ1) is 11.5. The van der Waals surface area contributed by atoms with Crippen LogP contribution in [-0.2, 0) is 4.74 Å². The molecular weight excluding hydrogens is 300 g/mol. The number of benzene rings is 2. The summed E-state index contributed by atoms with van der Waals surface area (Å²) in [6.07, 6.45) is 1.96. The van der Waals surface area contributed by atoms with Gasteiger partial charge in [0.2, 0.25) is 0 Å². The normalized spacial score (nSPS) is 11.3. The molecule has 0 saturated heterocycles. The quantitative estimate of drug-likeness (QED) is 0.522. The molecule has 3 nitrogen and oxygen atoms in total. The number of Topliss-reactive ketones (excluding diaryl/α,β-unsaturated/α-hetero) is 1. The first-order valence-corrected chi connectivity index (χ1v) is 8.34. The van der Waals surface area contributed by atoms with Crippen LogP contribution in [0.1, 0.15) is 59.9 Å². The molecule has 0 atom stereocenters. The van der Waals surface area contributed by atoms with Crippen LogP contribution in [0.3, 0.4) is 0 Å². The first kappa shape index (κ1) is 18.1. The monoisotopic (exact) mass is 324 g/mol. The molecule has 0 unspecified atom stereocenters. The van der Waals surface area contributed by atoms with Gasteiger partial charge < -0.3 is 4.74 Å². The lowest BCUT2D eigenvalue weighted by molar-refractivity contribution is -0.00545. The van der Waals surface area contributed by atoms with Crippen LogP contribution in [0.2, 0.25) is 0 Å². The molecule has 126 valence electrons. The van der Waals surface area contributed by atoms with E-state index in [1.54, 1.807) is 50.2 Å². The molecule has 0 aliphatic heterocycles. The molecular formula is C21H24O3. The molecule has 0 amide bonds. The summed E-state index contributed by atoms with van der Waals surface area (Å²) in [5.74, 6) is -0.120. The van der Waals surface area contributed by atoms with Crippen molar-refractivity contribution in [3.8, 4) is 0 Å². The summed E-state index contributed by atoms with van der Waals surface area (Å²) in [6.45, 7) is 6.22. The van der Waals surface area contributed by atoms with Gasteiger partial charge in [-0.15, -0.1) is 0 Å². The molecule has 0 aliphatic carbocycles. The third-order valence-electron chi connectivity index (χ3n) is 3.95. The van der Waals surface area contributed by atoms with Gasteiger partial charge in [0.25, 0.3) is 0 Å². The fraction of sp³-hybridized carbons (Fsp3) is 0.333. The van der Waals surface area contributed by atoms with E-state index in [0.29, 0.717) is 23.3 Å². The van der Waals surface area contributed by atoms with Crippen molar-refractivity contribution in [2.24, 2.45) is 0 Å². The number of ketones is 2. The van der Waals surface area contributed by atoms with Crippen LogP contribution >= 0.6 is 0 Å². The van der Waals surface area contributed by atoms with Crippen molar-refractivity contribution in [3.05, 3.63) is 71.3 Å². The molecule has 0 fully saturated rings. The average molecular weight is 324 g/mol. The molecule has 0 radical (unpaired) electrons. The third-order valence-corrected chi connectivity index (χ3v) is 3.95. The number of carbonyl (C=O) groups is 2. The van der Waals surface area contributed by atoms with Crippen molar-refractivity contribution < 1.29 is 14.3 Å². The van der Waals surface area contributed by atoms with E-state index in [1.165, 1.54) is 0 Å². The molecule has 3 heteroatoms. The van der Waals surface area contributed by atoms with Crippen molar-refractivity contribution in [1.29, 1.82) is 0 Å². The zero-order chi connectivity index (χ0) is 17.6. The highest BCUT2D eigenvalue weighted by Gasteiger charge is 2.29. The first-order valence-electron chi connectivity index (χ1n) is 8.34. The summed E-state index contributed by atoms with van der Waals surface area (Å²) in [5, 5.41) is 0. The highest BCUT2D eigenvalue weighted by molar-refractivity contribution is 6.09. The maximum Gasteiger partial charge on any atom is 0.194 e. The molecule has 0 saturated carbocycles. The van der Waals surface area contributed by atoms with Crippen molar-refractivity contribution in [3.63, 3.8) is 0 Å². The van der Waals surface area contributed by atoms with Crippen LogP contribution < -0.4 is 0 Å². The molecule has 24 heavy (non-hydrogen) atoms. The lowest BCUT2D eigenvalue weighted by Crippen LogP contribution is -2.35. The van der Waals surface area contributed by atoms with Gasteiger partial charge in [0.05, 0.1) is 0 Å². The van der Waals surface area contributed by atoms with E-state index in [1.807, 2.05) is 18.2 Å². The van der Waals surface area contributed by atoms with E-state index in [-0.39, 0.29) is 11.6 Å². The van der Waals surface area contributed by atoms with E-state index >= 15 is 0 Å². The molecule has 0 aliphatic rings. The van der Waals surface area contributed by atoms with Crippen molar-refractivity contribution in [1.82, 2.24) is 0 Å². The van der Waals surface area contributed by atoms with Gasteiger partial charge in [-0.25, -0.2) is 0 Å². The summed E-state index contributed by atoms with van der Waals surface area (Å²) in [7, 11) is 0. The minimum Gasteiger partial charge on any atom is -0.367 e. The van der Waals surface area contributed by atoms with Gasteiger partial charge in [-0.05, 0) is 20.3 Å². The molecule has 2 aromatic rings. The average Bonchev–Trinajstić information content (AvgIpc) is 2.61. The zero-order valence-corrected chi connectivity index (χ0v) is 14.5. The number of rotatable bonds is 8. The van der Waals surface area contributed by atoms with Crippen LogP contribution in [0, 0.1) is 0 Å². The molecule has 0 bridgehead atoms. The Morgan fingerprint density at radius 1 is 0.875 bits per heavy atom. The second kappa shape index (κ2) is 8.02. The Hall–Kier alpha value is -2.26. The second-order valence-corrected chi connectivity index (χ2v) is 6.31. The van der Waals surface area contributed by atoms with Crippen LogP contribution in [0.15, 0.2) is 54.6 Å². The van der Waals surface area contributed by atoms with Crippen LogP contribution in [-0.4, -0.2) is 23.8 Å². The number of hydrogen-bond acceptors (Lipinski definition) is 3. The van der Waals surface area contributed by atoms with Gasteiger partial charge in [-0.3, -0.25) is 9.59 Å². The fourth-order valence-electron chi connectivity index (χ4n) is 2.41. The summed E-state index contributed by atoms with van der Waals surface area (Å²) in [5.41, 5.74) is 0.906. The van der Waals surface area contributed by atoms with E-state index in [2.05, 4.69) is 6.92 Å². The summed E-state index contributed by atoms with van der Waals surface area (Å²) >= 11 is 0. The van der Waals surface area contributed by atoms with Gasteiger partial charge >= 0.3 is 0 Å². The molecule has 0 aromatic heterocycles. The van der Waals surface area contributed by atoms with Crippen LogP contribution in [0.5, 0.6) is 0 Å². The predicted octanol–water partition coefficient (Wildman–Crippen LogP) is 4.70. The lowest BCUT2D eigenvalue weighted by atomic mass is 9.94. The topological polar surface area (TPSA) is 43.4 Å². The fourth-order valence-corrected chi connectivity index (χ4v) is 2.41. The van der Waals surface area contributed by atoms with Crippen molar-refractivity contribution in [2.45, 2.75) is 39.2 Å². The summed E-state index contributed by atoms with van der Waals surface area (Å²) in [4.78, 5) is 25.0. The van der Waals surface area contributed by atoms with Crippen LogP contribution in [0.4, 0.5) is 0 Å². The molecule has 2 rings (SSSR count). The van der Waals surface area contributed by atoms with Gasteiger partial charge in [-0.2, -0.15) is 0 Å². The predicted molar refractivity (Wildman–Crippen MR) is 95.6 cm³/mol. The Morgan fingerprint density at radius 3 is 2.00 bits per heavy atom. The Labute approximate surface area is 143 Å². The zero-order valence-electron chi connectivity index (χ0n) is 14.5. The number of hydrogen-bond donors (Lipinski definition) is 0. The molecule has 0 N–H and O–H groups in total. The Morgan fingerprint density at radius 2 is 1.42 bits per heavy atom. The van der Waals surface area contributed by atoms with Gasteiger partial charge in [0, 0.05) is 23.3 Å². The largest absolute Gasteiger partial charge is 0.367 e. The second-order valence-electron chi connectivity index (χ2n) is 6.31. The molecule has 0 spiro atoms. The van der Waals surface area contributed by atoms with E-state index in [0.717, 1.165) is 12.8 Å². The van der Waals surface area contributed by atoms with Crippen molar-refractivity contribution in [2.75, 3.05) is 6.61 Å². The third kappa shape index (κ3) is 4.39. The minimum atomic E-state index is -0.861. The Kier molecular flexibility index (Phi) is 6.04. The maximum atomic E-state index is 12.6. The number of ether oxygens (including phenoxy) is 1. The van der Waals surface area contributed by atoms with Crippen molar-refractivity contribution >= 4 is 11.6 Å². The number of unbranched alkanes of at least 4 members (excludes halogenated alkanes) is 1. The SMILES string of the molecule is CCCCOC(C)(C)C(=O)c1ccc(C(=O)c2ccccc2)cc1. The summed E-state index contributed by atoms with van der Waals surface area (Å²) < 4.78 is 5.72. The number of carbonyl (C=O) groups excluding carboxylic acids is 2. The van der Waals surface area contributed by atoms with E-state index in [9.17, 15) is 9.59 Å². The van der Waals surface area contributed by atoms with E-state index < -0.39 is 5.60 Å².